The van der Waals surface area contributed by atoms with Crippen LogP contribution >= 0.6 is 0 Å². The highest BCUT2D eigenvalue weighted by Crippen LogP contribution is 1.84. The molecule has 0 aliphatic carbocycles. The van der Waals surface area contributed by atoms with Crippen molar-refractivity contribution in [3.05, 3.63) is 12.2 Å². The van der Waals surface area contributed by atoms with E-state index in [1.54, 1.807) is 13.8 Å². The Labute approximate surface area is 78.4 Å². The Hall–Kier alpha value is -1.16. The van der Waals surface area contributed by atoms with Crippen LogP contribution in [0.2, 0.25) is 0 Å². The Kier molecular flexibility index (Phi) is 9.87. The van der Waals surface area contributed by atoms with Crippen molar-refractivity contribution in [2.24, 2.45) is 5.73 Å². The van der Waals surface area contributed by atoms with Gasteiger partial charge in [0.15, 0.2) is 0 Å². The largest absolute Gasteiger partial charge is 0.478 e. The number of hydrogen-bond acceptors (Lipinski definition) is 3. The Bertz CT molecular complexity index is 185. The molecule has 0 aromatic heterocycles. The minimum atomic E-state index is -0.891. The zero-order valence-corrected chi connectivity index (χ0v) is 8.28. The number of Topliss-reactive ketones (excluding diaryl/α,β-unsaturated/α-hetero) is 1. The first-order chi connectivity index (χ1) is 5.90. The summed E-state index contributed by atoms with van der Waals surface area (Å²) in [7, 11) is 0. The molecule has 0 unspecified atom stereocenters. The summed E-state index contributed by atoms with van der Waals surface area (Å²) < 4.78 is 0. The molecule has 13 heavy (non-hydrogen) atoms. The van der Waals surface area contributed by atoms with E-state index in [-0.39, 0.29) is 11.8 Å². The summed E-state index contributed by atoms with van der Waals surface area (Å²) in [5, 5.41) is 7.83. The van der Waals surface area contributed by atoms with Gasteiger partial charge in [-0.2, -0.15) is 0 Å². The van der Waals surface area contributed by atoms with Gasteiger partial charge < -0.3 is 10.8 Å². The fourth-order valence-electron chi connectivity index (χ4n) is 0.596. The summed E-state index contributed by atoms with van der Waals surface area (Å²) in [6.45, 7) is 5.03. The molecule has 1 atom stereocenters. The molecule has 0 aromatic carbocycles. The van der Waals surface area contributed by atoms with Gasteiger partial charge in [-0.15, -0.1) is 0 Å². The van der Waals surface area contributed by atoms with E-state index < -0.39 is 5.97 Å². The average molecular weight is 187 g/mol. The van der Waals surface area contributed by atoms with Crippen LogP contribution < -0.4 is 5.73 Å². The second-order valence-electron chi connectivity index (χ2n) is 2.72. The second-order valence-corrected chi connectivity index (χ2v) is 2.72. The van der Waals surface area contributed by atoms with Gasteiger partial charge in [0.25, 0.3) is 0 Å². The molecule has 0 saturated carbocycles. The van der Waals surface area contributed by atoms with Crippen LogP contribution in [-0.4, -0.2) is 22.9 Å². The van der Waals surface area contributed by atoms with Gasteiger partial charge in [-0.3, -0.25) is 4.79 Å². The lowest BCUT2D eigenvalue weighted by Crippen LogP contribution is -2.17. The monoisotopic (exact) mass is 187 g/mol. The first-order valence-electron chi connectivity index (χ1n) is 4.00. The summed E-state index contributed by atoms with van der Waals surface area (Å²) in [5.74, 6) is -0.729. The fraction of sp³-hybridized carbons (Fsp3) is 0.556. The molecule has 0 fully saturated rings. The lowest BCUT2D eigenvalue weighted by Gasteiger charge is -1.96. The first kappa shape index (κ1) is 14.4. The smallest absolute Gasteiger partial charge is 0.327 e. The molecule has 0 aromatic rings. The van der Waals surface area contributed by atoms with E-state index in [1.807, 2.05) is 6.92 Å². The van der Waals surface area contributed by atoms with Gasteiger partial charge in [0.05, 0.1) is 0 Å². The first-order valence-corrected chi connectivity index (χ1v) is 4.00. The van der Waals surface area contributed by atoms with E-state index in [2.05, 4.69) is 0 Å². The second kappa shape index (κ2) is 8.93. The molecule has 0 aliphatic rings. The lowest BCUT2D eigenvalue weighted by molar-refractivity contribution is -0.131. The molecule has 0 spiro atoms. The maximum atomic E-state index is 10.2. The predicted molar refractivity (Wildman–Crippen MR) is 51.4 cm³/mol. The van der Waals surface area contributed by atoms with Gasteiger partial charge in [0.1, 0.15) is 5.78 Å². The normalized spacial score (nSPS) is 11.7. The zero-order chi connectivity index (χ0) is 10.9. The highest BCUT2D eigenvalue weighted by atomic mass is 16.4. The summed E-state index contributed by atoms with van der Waals surface area (Å²) in [6.07, 6.45) is 3.06. The quantitative estimate of drug-likeness (QED) is 0.645. The topological polar surface area (TPSA) is 80.4 Å². The predicted octanol–water partition coefficient (Wildman–Crippen LogP) is 0.960. The molecule has 0 bridgehead atoms. The SMILES string of the molecule is C/C=C/C(=O)O.CC(=O)C[C@@H](C)N. The van der Waals surface area contributed by atoms with Crippen LogP contribution in [0.3, 0.4) is 0 Å². The molecule has 0 amide bonds. The molecule has 3 N–H and O–H groups in total. The number of carbonyl (C=O) groups is 2. The van der Waals surface area contributed by atoms with E-state index >= 15 is 0 Å². The fourth-order valence-corrected chi connectivity index (χ4v) is 0.596. The van der Waals surface area contributed by atoms with Crippen molar-refractivity contribution in [3.8, 4) is 0 Å². The highest BCUT2D eigenvalue weighted by Gasteiger charge is 1.95. The van der Waals surface area contributed by atoms with Gasteiger partial charge in [-0.05, 0) is 20.8 Å². The number of ketones is 1. The third-order valence-electron chi connectivity index (χ3n) is 0.919. The van der Waals surface area contributed by atoms with Crippen LogP contribution in [0, 0.1) is 0 Å². The maximum Gasteiger partial charge on any atom is 0.327 e. The van der Waals surface area contributed by atoms with Gasteiger partial charge >= 0.3 is 5.97 Å². The van der Waals surface area contributed by atoms with Gasteiger partial charge in [-0.1, -0.05) is 6.08 Å². The molecule has 0 radical (unpaired) electrons. The number of carboxylic acids is 1. The molecular weight excluding hydrogens is 170 g/mol. The molecule has 0 aliphatic heterocycles. The van der Waals surface area contributed by atoms with Crippen LogP contribution in [-0.2, 0) is 9.59 Å². The van der Waals surface area contributed by atoms with Crippen LogP contribution in [0.5, 0.6) is 0 Å². The molecular formula is C9H17NO3. The number of allylic oxidation sites excluding steroid dienone is 1. The van der Waals surface area contributed by atoms with Crippen molar-refractivity contribution >= 4 is 11.8 Å². The van der Waals surface area contributed by atoms with Gasteiger partial charge in [0, 0.05) is 18.5 Å². The van der Waals surface area contributed by atoms with Gasteiger partial charge in [0.2, 0.25) is 0 Å². The maximum absolute atomic E-state index is 10.2. The van der Waals surface area contributed by atoms with Crippen molar-refractivity contribution in [1.82, 2.24) is 0 Å². The molecule has 4 nitrogen and oxygen atoms in total. The number of carbonyl (C=O) groups excluding carboxylic acids is 1. The van der Waals surface area contributed by atoms with E-state index in [0.717, 1.165) is 6.08 Å². The Balaban J connectivity index is 0. The summed E-state index contributed by atoms with van der Waals surface area (Å²) >= 11 is 0. The van der Waals surface area contributed by atoms with Gasteiger partial charge in [-0.25, -0.2) is 4.79 Å². The van der Waals surface area contributed by atoms with E-state index in [4.69, 9.17) is 10.8 Å². The van der Waals surface area contributed by atoms with Crippen molar-refractivity contribution < 1.29 is 14.7 Å². The molecule has 0 heterocycles. The number of nitrogens with two attached hydrogens (primary N) is 1. The van der Waals surface area contributed by atoms with Crippen LogP contribution in [0.25, 0.3) is 0 Å². The summed E-state index contributed by atoms with van der Waals surface area (Å²) in [6, 6.07) is 0.0255. The number of rotatable bonds is 3. The lowest BCUT2D eigenvalue weighted by atomic mass is 10.2. The number of carboxylic acid groups (broad SMARTS) is 1. The average Bonchev–Trinajstić information content (AvgIpc) is 1.83. The molecule has 0 rings (SSSR count). The van der Waals surface area contributed by atoms with Crippen LogP contribution in [0.15, 0.2) is 12.2 Å². The minimum Gasteiger partial charge on any atom is -0.478 e. The standard InChI is InChI=1S/C5H11NO.C4H6O2/c1-4(6)3-5(2)7;1-2-3-4(5)6/h4H,3,6H2,1-2H3;2-3H,1H3,(H,5,6)/b;3-2+/t4-;/m1./s1. The van der Waals surface area contributed by atoms with Crippen molar-refractivity contribution in [2.45, 2.75) is 33.2 Å². The number of aliphatic carboxylic acids is 1. The summed E-state index contributed by atoms with van der Waals surface area (Å²) in [5.41, 5.74) is 5.27. The van der Waals surface area contributed by atoms with Crippen molar-refractivity contribution in [1.29, 1.82) is 0 Å². The zero-order valence-electron chi connectivity index (χ0n) is 8.28. The number of hydrogen-bond donors (Lipinski definition) is 2. The third-order valence-corrected chi connectivity index (χ3v) is 0.919. The minimum absolute atomic E-state index is 0.0255. The van der Waals surface area contributed by atoms with Crippen molar-refractivity contribution in [2.75, 3.05) is 0 Å². The van der Waals surface area contributed by atoms with Crippen LogP contribution in [0.4, 0.5) is 0 Å². The highest BCUT2D eigenvalue weighted by molar-refractivity contribution is 5.79. The molecule has 76 valence electrons. The Morgan fingerprint density at radius 3 is 2.00 bits per heavy atom. The van der Waals surface area contributed by atoms with E-state index in [9.17, 15) is 9.59 Å². The molecule has 4 heteroatoms. The Morgan fingerprint density at radius 2 is 2.00 bits per heavy atom. The van der Waals surface area contributed by atoms with Crippen molar-refractivity contribution in [3.63, 3.8) is 0 Å². The van der Waals surface area contributed by atoms with Crippen LogP contribution in [0.1, 0.15) is 27.2 Å². The molecule has 0 saturated heterocycles. The Morgan fingerprint density at radius 1 is 1.54 bits per heavy atom. The van der Waals surface area contributed by atoms with E-state index in [0.29, 0.717) is 6.42 Å². The van der Waals surface area contributed by atoms with E-state index in [1.165, 1.54) is 6.08 Å². The third kappa shape index (κ3) is 24.8. The summed E-state index contributed by atoms with van der Waals surface area (Å²) in [4.78, 5) is 19.7.